The topological polar surface area (TPSA) is 84.3 Å². The van der Waals surface area contributed by atoms with Gasteiger partial charge in [0.2, 0.25) is 0 Å². The molecule has 1 aliphatic carbocycles. The van der Waals surface area contributed by atoms with Crippen LogP contribution in [0.2, 0.25) is 0 Å². The van der Waals surface area contributed by atoms with Gasteiger partial charge in [-0.05, 0) is 49.9 Å². The predicted octanol–water partition coefficient (Wildman–Crippen LogP) is 3.83. The second-order valence-electron chi connectivity index (χ2n) is 6.87. The summed E-state index contributed by atoms with van der Waals surface area (Å²) >= 11 is 1.42. The van der Waals surface area contributed by atoms with E-state index in [1.54, 1.807) is 18.2 Å². The fourth-order valence-corrected chi connectivity index (χ4v) is 4.35. The van der Waals surface area contributed by atoms with Gasteiger partial charge in [-0.15, -0.1) is 11.3 Å². The smallest absolute Gasteiger partial charge is 0.261 e. The molecule has 1 fully saturated rings. The number of aromatic nitrogens is 2. The minimum absolute atomic E-state index is 0.0773. The zero-order chi connectivity index (χ0) is 19.1. The third kappa shape index (κ3) is 3.35. The van der Waals surface area contributed by atoms with Crippen LogP contribution in [0.15, 0.2) is 18.2 Å². The number of nitrogens with one attached hydrogen (secondary N) is 1. The largest absolute Gasteiger partial charge is 0.504 e. The van der Waals surface area contributed by atoms with E-state index in [1.807, 2.05) is 13.8 Å². The van der Waals surface area contributed by atoms with E-state index >= 15 is 0 Å². The Kier molecular flexibility index (Phi) is 4.47. The summed E-state index contributed by atoms with van der Waals surface area (Å²) in [5, 5.41) is 13.6. The molecule has 0 unspecified atom stereocenters. The first-order chi connectivity index (χ1) is 13.0. The summed E-state index contributed by atoms with van der Waals surface area (Å²) in [6, 6.07) is 5.03. The Labute approximate surface area is 161 Å². The molecule has 7 heteroatoms. The number of aryl methyl sites for hydroxylation is 2. The number of nitrogens with zero attached hydrogens (tertiary/aromatic N) is 2. The highest BCUT2D eigenvalue weighted by Crippen LogP contribution is 2.40. The number of rotatable bonds is 5. The molecule has 1 aliphatic rings. The van der Waals surface area contributed by atoms with Crippen molar-refractivity contribution in [2.75, 3.05) is 7.11 Å². The van der Waals surface area contributed by atoms with Crippen molar-refractivity contribution in [2.45, 2.75) is 39.2 Å². The standard InChI is InChI=1S/C20H21N3O3S/c1-10-16-11(2)22-18(13-5-6-13)23-20(16)27-17(10)19(25)21-9-12-4-7-14(24)15(8-12)26-3/h4,7-8,13,24H,5-6,9H2,1-3H3,(H,21,25). The van der Waals surface area contributed by atoms with Gasteiger partial charge in [-0.1, -0.05) is 6.07 Å². The van der Waals surface area contributed by atoms with E-state index in [0.29, 0.717) is 23.1 Å². The predicted molar refractivity (Wildman–Crippen MR) is 105 cm³/mol. The van der Waals surface area contributed by atoms with E-state index in [4.69, 9.17) is 9.72 Å². The summed E-state index contributed by atoms with van der Waals surface area (Å²) < 4.78 is 5.11. The van der Waals surface area contributed by atoms with E-state index in [-0.39, 0.29) is 11.7 Å². The van der Waals surface area contributed by atoms with Crippen molar-refractivity contribution in [3.8, 4) is 11.5 Å². The number of fused-ring (bicyclic) bond motifs is 1. The second kappa shape index (κ2) is 6.81. The van der Waals surface area contributed by atoms with Crippen molar-refractivity contribution < 1.29 is 14.6 Å². The number of carbonyl (C=O) groups is 1. The van der Waals surface area contributed by atoms with Crippen LogP contribution < -0.4 is 10.1 Å². The molecule has 0 saturated heterocycles. The van der Waals surface area contributed by atoms with Crippen LogP contribution in [0.3, 0.4) is 0 Å². The van der Waals surface area contributed by atoms with Gasteiger partial charge in [-0.2, -0.15) is 0 Å². The van der Waals surface area contributed by atoms with E-state index in [1.165, 1.54) is 18.4 Å². The maximum absolute atomic E-state index is 12.7. The van der Waals surface area contributed by atoms with E-state index < -0.39 is 0 Å². The van der Waals surface area contributed by atoms with Crippen molar-refractivity contribution >= 4 is 27.5 Å². The van der Waals surface area contributed by atoms with E-state index in [2.05, 4.69) is 10.3 Å². The molecule has 1 aromatic carbocycles. The second-order valence-corrected chi connectivity index (χ2v) is 7.87. The molecule has 3 aromatic rings. The van der Waals surface area contributed by atoms with Gasteiger partial charge < -0.3 is 15.2 Å². The number of hydrogen-bond donors (Lipinski definition) is 2. The van der Waals surface area contributed by atoms with Crippen LogP contribution in [0, 0.1) is 13.8 Å². The first-order valence-electron chi connectivity index (χ1n) is 8.89. The number of thiophene rings is 1. The molecule has 4 rings (SSSR count). The van der Waals surface area contributed by atoms with Crippen molar-refractivity contribution in [1.29, 1.82) is 0 Å². The van der Waals surface area contributed by atoms with Crippen molar-refractivity contribution in [3.05, 3.63) is 45.7 Å². The maximum Gasteiger partial charge on any atom is 0.261 e. The molecule has 2 aromatic heterocycles. The monoisotopic (exact) mass is 383 g/mol. The van der Waals surface area contributed by atoms with Crippen molar-refractivity contribution in [1.82, 2.24) is 15.3 Å². The number of amides is 1. The summed E-state index contributed by atoms with van der Waals surface area (Å²) in [6.07, 6.45) is 2.30. The Morgan fingerprint density at radius 3 is 2.81 bits per heavy atom. The number of phenolic OH excluding ortho intramolecular Hbond substituents is 1. The SMILES string of the molecule is COc1cc(CNC(=O)c2sc3nc(C4CC4)nc(C)c3c2C)ccc1O. The van der Waals surface area contributed by atoms with Gasteiger partial charge in [0.05, 0.1) is 17.7 Å². The lowest BCUT2D eigenvalue weighted by Crippen LogP contribution is -2.22. The highest BCUT2D eigenvalue weighted by molar-refractivity contribution is 7.20. The van der Waals surface area contributed by atoms with E-state index in [9.17, 15) is 9.90 Å². The Hall–Kier alpha value is -2.67. The molecule has 0 aliphatic heterocycles. The lowest BCUT2D eigenvalue weighted by molar-refractivity contribution is 0.0954. The Bertz CT molecular complexity index is 1040. The van der Waals surface area contributed by atoms with Gasteiger partial charge in [-0.3, -0.25) is 4.79 Å². The third-order valence-corrected chi connectivity index (χ3v) is 6.02. The molecule has 1 saturated carbocycles. The van der Waals surface area contributed by atoms with Gasteiger partial charge in [0.25, 0.3) is 5.91 Å². The molecule has 140 valence electrons. The summed E-state index contributed by atoms with van der Waals surface area (Å²) in [5.74, 6) is 1.73. The molecular formula is C20H21N3O3S. The normalized spacial score (nSPS) is 13.7. The Morgan fingerprint density at radius 1 is 1.33 bits per heavy atom. The van der Waals surface area contributed by atoms with Crippen molar-refractivity contribution in [3.63, 3.8) is 0 Å². The molecule has 27 heavy (non-hydrogen) atoms. The minimum atomic E-state index is -0.130. The zero-order valence-corrected chi connectivity index (χ0v) is 16.3. The average Bonchev–Trinajstić information content (AvgIpc) is 3.44. The molecule has 0 radical (unpaired) electrons. The third-order valence-electron chi connectivity index (χ3n) is 4.83. The molecule has 0 bridgehead atoms. The molecule has 1 amide bonds. The quantitative estimate of drug-likeness (QED) is 0.699. The van der Waals surface area contributed by atoms with Gasteiger partial charge in [0, 0.05) is 17.8 Å². The Morgan fingerprint density at radius 2 is 2.11 bits per heavy atom. The molecular weight excluding hydrogens is 362 g/mol. The lowest BCUT2D eigenvalue weighted by atomic mass is 10.1. The minimum Gasteiger partial charge on any atom is -0.504 e. The van der Waals surface area contributed by atoms with E-state index in [0.717, 1.165) is 45.7 Å². The van der Waals surface area contributed by atoms with Crippen LogP contribution in [0.4, 0.5) is 0 Å². The van der Waals surface area contributed by atoms with Crippen LogP contribution in [0.25, 0.3) is 10.2 Å². The van der Waals surface area contributed by atoms with Gasteiger partial charge in [-0.25, -0.2) is 9.97 Å². The Balaban J connectivity index is 1.57. The number of ether oxygens (including phenoxy) is 1. The lowest BCUT2D eigenvalue weighted by Gasteiger charge is -2.08. The summed E-state index contributed by atoms with van der Waals surface area (Å²) in [6.45, 7) is 4.28. The summed E-state index contributed by atoms with van der Waals surface area (Å²) in [5.41, 5.74) is 2.72. The number of hydrogen-bond acceptors (Lipinski definition) is 6. The number of aromatic hydroxyl groups is 1. The van der Waals surface area contributed by atoms with Gasteiger partial charge >= 0.3 is 0 Å². The number of benzene rings is 1. The summed E-state index contributed by atoms with van der Waals surface area (Å²) in [7, 11) is 1.50. The number of carbonyl (C=O) groups excluding carboxylic acids is 1. The fourth-order valence-electron chi connectivity index (χ4n) is 3.20. The summed E-state index contributed by atoms with van der Waals surface area (Å²) in [4.78, 5) is 23.6. The first-order valence-corrected chi connectivity index (χ1v) is 9.71. The van der Waals surface area contributed by atoms with Crippen molar-refractivity contribution in [2.24, 2.45) is 0 Å². The fraction of sp³-hybridized carbons (Fsp3) is 0.350. The molecule has 0 spiro atoms. The average molecular weight is 383 g/mol. The number of phenols is 1. The highest BCUT2D eigenvalue weighted by atomic mass is 32.1. The first kappa shape index (κ1) is 17.7. The highest BCUT2D eigenvalue weighted by Gasteiger charge is 2.28. The molecule has 6 nitrogen and oxygen atoms in total. The molecule has 2 N–H and O–H groups in total. The van der Waals surface area contributed by atoms with Crippen LogP contribution in [-0.4, -0.2) is 28.1 Å². The molecule has 0 atom stereocenters. The van der Waals surface area contributed by atoms with Gasteiger partial charge in [0.15, 0.2) is 11.5 Å². The maximum atomic E-state index is 12.7. The van der Waals surface area contributed by atoms with Crippen LogP contribution in [0.5, 0.6) is 11.5 Å². The zero-order valence-electron chi connectivity index (χ0n) is 15.5. The van der Waals surface area contributed by atoms with Crippen LogP contribution in [0.1, 0.15) is 51.1 Å². The van der Waals surface area contributed by atoms with Crippen LogP contribution >= 0.6 is 11.3 Å². The van der Waals surface area contributed by atoms with Gasteiger partial charge in [0.1, 0.15) is 10.7 Å². The molecule has 2 heterocycles. The van der Waals surface area contributed by atoms with Crippen LogP contribution in [-0.2, 0) is 6.54 Å². The number of methoxy groups -OCH3 is 1.